The lowest BCUT2D eigenvalue weighted by molar-refractivity contribution is -0.113. The number of hydrogen-bond donors (Lipinski definition) is 1. The molecule has 0 saturated carbocycles. The third-order valence-electron chi connectivity index (χ3n) is 5.21. The molecular weight excluding hydrogens is 458 g/mol. The van der Waals surface area contributed by atoms with Crippen LogP contribution in [0.5, 0.6) is 0 Å². The van der Waals surface area contributed by atoms with E-state index in [9.17, 15) is 9.59 Å². The van der Waals surface area contributed by atoms with Gasteiger partial charge in [0, 0.05) is 10.7 Å². The predicted molar refractivity (Wildman–Crippen MR) is 132 cm³/mol. The van der Waals surface area contributed by atoms with E-state index in [1.54, 1.807) is 34.9 Å². The molecule has 0 aliphatic carbocycles. The van der Waals surface area contributed by atoms with Crippen LogP contribution in [-0.4, -0.2) is 30.8 Å². The van der Waals surface area contributed by atoms with Gasteiger partial charge >= 0.3 is 0 Å². The van der Waals surface area contributed by atoms with Crippen molar-refractivity contribution >= 4 is 51.6 Å². The Bertz CT molecular complexity index is 1560. The third-order valence-corrected chi connectivity index (χ3v) is 6.39. The summed E-state index contributed by atoms with van der Waals surface area (Å²) in [6, 6.07) is 21.9. The number of thioether (sulfide) groups is 1. The lowest BCUT2D eigenvalue weighted by Crippen LogP contribution is -2.22. The molecule has 0 aliphatic rings. The molecule has 1 N–H and O–H groups in total. The standard InChI is InChI=1S/C24H18ClN5O2S/c1-15-6-2-4-8-19(15)29-22(32)18-7-3-5-9-20(18)30-23(29)27-28-24(30)33-14-21(31)26-17-12-10-16(25)11-13-17/h2-13H,14H2,1H3,(H,26,31). The fourth-order valence-electron chi connectivity index (χ4n) is 3.66. The zero-order valence-electron chi connectivity index (χ0n) is 17.5. The van der Waals surface area contributed by atoms with E-state index in [0.29, 0.717) is 32.5 Å². The Morgan fingerprint density at radius 2 is 1.73 bits per heavy atom. The van der Waals surface area contributed by atoms with Crippen molar-refractivity contribution in [3.05, 3.63) is 93.7 Å². The summed E-state index contributed by atoms with van der Waals surface area (Å²) in [4.78, 5) is 25.9. The van der Waals surface area contributed by atoms with Gasteiger partial charge in [-0.2, -0.15) is 0 Å². The molecule has 7 nitrogen and oxygen atoms in total. The number of carbonyl (C=O) groups excluding carboxylic acids is 1. The van der Waals surface area contributed by atoms with Gasteiger partial charge < -0.3 is 5.32 Å². The van der Waals surface area contributed by atoms with E-state index in [0.717, 1.165) is 11.3 Å². The zero-order valence-corrected chi connectivity index (χ0v) is 19.1. The molecule has 9 heteroatoms. The van der Waals surface area contributed by atoms with Crippen LogP contribution in [0.1, 0.15) is 5.56 Å². The molecule has 0 spiro atoms. The molecule has 1 amide bonds. The first-order chi connectivity index (χ1) is 16.0. The second kappa shape index (κ2) is 8.73. The van der Waals surface area contributed by atoms with E-state index in [4.69, 9.17) is 11.6 Å². The maximum absolute atomic E-state index is 13.4. The number of hydrogen-bond acceptors (Lipinski definition) is 5. The molecule has 0 bridgehead atoms. The van der Waals surface area contributed by atoms with Crippen molar-refractivity contribution in [3.8, 4) is 5.69 Å². The quantitative estimate of drug-likeness (QED) is 0.372. The molecule has 2 heterocycles. The first-order valence-electron chi connectivity index (χ1n) is 10.2. The Balaban J connectivity index is 1.56. The van der Waals surface area contributed by atoms with E-state index in [2.05, 4.69) is 15.5 Å². The number of aryl methyl sites for hydroxylation is 1. The molecule has 0 radical (unpaired) electrons. The van der Waals surface area contributed by atoms with E-state index in [1.165, 1.54) is 11.8 Å². The number of halogens is 1. The highest BCUT2D eigenvalue weighted by Gasteiger charge is 2.19. The van der Waals surface area contributed by atoms with Gasteiger partial charge in [0.2, 0.25) is 11.7 Å². The first kappa shape index (κ1) is 21.2. The average molecular weight is 476 g/mol. The van der Waals surface area contributed by atoms with E-state index in [-0.39, 0.29) is 17.2 Å². The van der Waals surface area contributed by atoms with E-state index in [1.807, 2.05) is 53.8 Å². The predicted octanol–water partition coefficient (Wildman–Crippen LogP) is 4.73. The number of aromatic nitrogens is 4. The lowest BCUT2D eigenvalue weighted by Gasteiger charge is -2.13. The summed E-state index contributed by atoms with van der Waals surface area (Å²) in [5.74, 6) is 0.338. The van der Waals surface area contributed by atoms with Gasteiger partial charge in [-0.3, -0.25) is 14.0 Å². The van der Waals surface area contributed by atoms with Gasteiger partial charge in [-0.1, -0.05) is 53.7 Å². The van der Waals surface area contributed by atoms with Crippen LogP contribution in [0, 0.1) is 6.92 Å². The molecule has 33 heavy (non-hydrogen) atoms. The van der Waals surface area contributed by atoms with Gasteiger partial charge in [0.05, 0.1) is 22.3 Å². The SMILES string of the molecule is Cc1ccccc1-n1c(=O)c2ccccc2n2c(SCC(=O)Nc3ccc(Cl)cc3)nnc12. The molecule has 3 aromatic carbocycles. The van der Waals surface area contributed by atoms with Crippen molar-refractivity contribution in [2.24, 2.45) is 0 Å². The van der Waals surface area contributed by atoms with Crippen LogP contribution < -0.4 is 10.9 Å². The fraction of sp³-hybridized carbons (Fsp3) is 0.0833. The minimum absolute atomic E-state index is 0.126. The number of carbonyl (C=O) groups is 1. The number of rotatable bonds is 5. The summed E-state index contributed by atoms with van der Waals surface area (Å²) < 4.78 is 3.39. The number of fused-ring (bicyclic) bond motifs is 3. The van der Waals surface area contributed by atoms with Crippen LogP contribution in [0.25, 0.3) is 22.4 Å². The normalized spacial score (nSPS) is 11.2. The van der Waals surface area contributed by atoms with Crippen LogP contribution in [0.4, 0.5) is 5.69 Å². The highest BCUT2D eigenvalue weighted by atomic mass is 35.5. The number of benzene rings is 3. The highest BCUT2D eigenvalue weighted by molar-refractivity contribution is 7.99. The van der Waals surface area contributed by atoms with Crippen LogP contribution in [0.3, 0.4) is 0 Å². The molecule has 5 aromatic rings. The number of nitrogens with zero attached hydrogens (tertiary/aromatic N) is 4. The first-order valence-corrected chi connectivity index (χ1v) is 11.5. The Morgan fingerprint density at radius 3 is 2.52 bits per heavy atom. The van der Waals surface area contributed by atoms with Crippen LogP contribution in [0.2, 0.25) is 5.02 Å². The van der Waals surface area contributed by atoms with Crippen LogP contribution in [-0.2, 0) is 4.79 Å². The Morgan fingerprint density at radius 1 is 1.00 bits per heavy atom. The molecule has 0 atom stereocenters. The summed E-state index contributed by atoms with van der Waals surface area (Å²) >= 11 is 7.15. The molecule has 0 aliphatic heterocycles. The third kappa shape index (κ3) is 3.99. The molecule has 5 rings (SSSR count). The number of nitrogens with one attached hydrogen (secondary N) is 1. The molecule has 164 valence electrons. The minimum Gasteiger partial charge on any atom is -0.325 e. The van der Waals surface area contributed by atoms with Crippen LogP contribution in [0.15, 0.2) is 82.7 Å². The number of amides is 1. The van der Waals surface area contributed by atoms with Crippen molar-refractivity contribution in [1.29, 1.82) is 0 Å². The van der Waals surface area contributed by atoms with E-state index >= 15 is 0 Å². The minimum atomic E-state index is -0.185. The molecular formula is C24H18ClN5O2S. The fourth-order valence-corrected chi connectivity index (χ4v) is 4.53. The Kier molecular flexibility index (Phi) is 5.62. The molecule has 2 aromatic heterocycles. The van der Waals surface area contributed by atoms with E-state index < -0.39 is 0 Å². The number of para-hydroxylation sites is 2. The van der Waals surface area contributed by atoms with Crippen molar-refractivity contribution in [3.63, 3.8) is 0 Å². The second-order valence-electron chi connectivity index (χ2n) is 7.41. The maximum Gasteiger partial charge on any atom is 0.267 e. The maximum atomic E-state index is 13.4. The summed E-state index contributed by atoms with van der Waals surface area (Å²) in [7, 11) is 0. The van der Waals surface area contributed by atoms with Gasteiger partial charge in [0.1, 0.15) is 0 Å². The van der Waals surface area contributed by atoms with Gasteiger partial charge in [-0.05, 0) is 55.0 Å². The van der Waals surface area contributed by atoms with Crippen molar-refractivity contribution < 1.29 is 4.79 Å². The second-order valence-corrected chi connectivity index (χ2v) is 8.78. The van der Waals surface area contributed by atoms with Crippen molar-refractivity contribution in [2.45, 2.75) is 12.1 Å². The molecule has 0 fully saturated rings. The summed E-state index contributed by atoms with van der Waals surface area (Å²) in [6.45, 7) is 1.95. The van der Waals surface area contributed by atoms with Gasteiger partial charge in [-0.15, -0.1) is 10.2 Å². The van der Waals surface area contributed by atoms with Crippen molar-refractivity contribution in [1.82, 2.24) is 19.2 Å². The summed E-state index contributed by atoms with van der Waals surface area (Å²) in [5.41, 5.74) is 2.86. The van der Waals surface area contributed by atoms with Gasteiger partial charge in [-0.25, -0.2) is 4.57 Å². The highest BCUT2D eigenvalue weighted by Crippen LogP contribution is 2.24. The Hall–Kier alpha value is -3.62. The monoisotopic (exact) mass is 475 g/mol. The Labute approximate surface area is 198 Å². The summed E-state index contributed by atoms with van der Waals surface area (Å²) in [5, 5.41) is 13.1. The molecule has 0 saturated heterocycles. The van der Waals surface area contributed by atoms with Gasteiger partial charge in [0.15, 0.2) is 5.16 Å². The van der Waals surface area contributed by atoms with Crippen molar-refractivity contribution in [2.75, 3.05) is 11.1 Å². The largest absolute Gasteiger partial charge is 0.325 e. The topological polar surface area (TPSA) is 81.3 Å². The smallest absolute Gasteiger partial charge is 0.267 e. The molecule has 0 unspecified atom stereocenters. The number of anilines is 1. The zero-order chi connectivity index (χ0) is 22.9. The van der Waals surface area contributed by atoms with Crippen LogP contribution >= 0.6 is 23.4 Å². The summed E-state index contributed by atoms with van der Waals surface area (Å²) in [6.07, 6.45) is 0. The lowest BCUT2D eigenvalue weighted by atomic mass is 10.2. The average Bonchev–Trinajstić information content (AvgIpc) is 3.24. The van der Waals surface area contributed by atoms with Gasteiger partial charge in [0.25, 0.3) is 5.56 Å².